The summed E-state index contributed by atoms with van der Waals surface area (Å²) in [5.41, 5.74) is 0.345. The number of hydrogen-bond donors (Lipinski definition) is 0. The summed E-state index contributed by atoms with van der Waals surface area (Å²) < 4.78 is 20.0. The molecule has 5 heteroatoms. The minimum atomic E-state index is -0.374. The van der Waals surface area contributed by atoms with Gasteiger partial charge in [-0.2, -0.15) is 11.8 Å². The maximum absolute atomic E-state index is 13.4. The molecule has 3 rings (SSSR count). The van der Waals surface area contributed by atoms with E-state index in [1.807, 2.05) is 11.8 Å². The van der Waals surface area contributed by atoms with Crippen LogP contribution < -0.4 is 0 Å². The summed E-state index contributed by atoms with van der Waals surface area (Å²) in [4.78, 5) is 12.6. The van der Waals surface area contributed by atoms with Gasteiger partial charge < -0.3 is 4.74 Å². The first-order valence-electron chi connectivity index (χ1n) is 6.80. The Bertz CT molecular complexity index is 508. The van der Waals surface area contributed by atoms with Gasteiger partial charge in [-0.25, -0.2) is 4.39 Å². The van der Waals surface area contributed by atoms with Crippen molar-refractivity contribution >= 4 is 33.5 Å². The highest BCUT2D eigenvalue weighted by Crippen LogP contribution is 2.41. The van der Waals surface area contributed by atoms with Crippen LogP contribution in [0.1, 0.15) is 29.6 Å². The molecule has 0 radical (unpaired) electrons. The number of ketones is 1. The van der Waals surface area contributed by atoms with Crippen molar-refractivity contribution in [1.82, 2.24) is 0 Å². The highest BCUT2D eigenvalue weighted by molar-refractivity contribution is 9.10. The van der Waals surface area contributed by atoms with Crippen LogP contribution in [0.25, 0.3) is 0 Å². The summed E-state index contributed by atoms with van der Waals surface area (Å²) >= 11 is 5.13. The van der Waals surface area contributed by atoms with Crippen LogP contribution in [-0.2, 0) is 4.74 Å². The summed E-state index contributed by atoms with van der Waals surface area (Å²) in [5, 5.41) is 0. The maximum Gasteiger partial charge on any atom is 0.166 e. The fourth-order valence-electron chi connectivity index (χ4n) is 3.05. The average Bonchev–Trinajstić information content (AvgIpc) is 2.85. The number of carbonyl (C=O) groups is 1. The molecule has 0 aromatic heterocycles. The fraction of sp³-hybridized carbons (Fsp3) is 0.533. The van der Waals surface area contributed by atoms with Crippen molar-refractivity contribution in [2.75, 3.05) is 18.1 Å². The molecular weight excluding hydrogens is 343 g/mol. The van der Waals surface area contributed by atoms with Gasteiger partial charge in [0, 0.05) is 28.3 Å². The average molecular weight is 359 g/mol. The lowest BCUT2D eigenvalue weighted by Gasteiger charge is -2.37. The lowest BCUT2D eigenvalue weighted by Crippen LogP contribution is -2.42. The third kappa shape index (κ3) is 2.95. The van der Waals surface area contributed by atoms with E-state index in [1.54, 1.807) is 6.07 Å². The molecule has 108 valence electrons. The van der Waals surface area contributed by atoms with E-state index in [2.05, 4.69) is 15.9 Å². The second kappa shape index (κ2) is 5.78. The van der Waals surface area contributed by atoms with Crippen molar-refractivity contribution in [2.45, 2.75) is 24.9 Å². The molecule has 1 aromatic carbocycles. The zero-order valence-electron chi connectivity index (χ0n) is 11.0. The predicted octanol–water partition coefficient (Wildman–Crippen LogP) is 4.07. The first-order chi connectivity index (χ1) is 9.58. The number of hydrogen-bond acceptors (Lipinski definition) is 3. The molecule has 2 aliphatic heterocycles. The van der Waals surface area contributed by atoms with E-state index in [4.69, 9.17) is 4.74 Å². The maximum atomic E-state index is 13.4. The summed E-state index contributed by atoms with van der Waals surface area (Å²) in [6.45, 7) is 0.632. The van der Waals surface area contributed by atoms with Gasteiger partial charge in [0.25, 0.3) is 0 Å². The SMILES string of the molecule is O=C(c1cc(F)cc(Br)c1)C1CCOC2(CCSC2)C1. The van der Waals surface area contributed by atoms with Crippen molar-refractivity contribution in [1.29, 1.82) is 0 Å². The van der Waals surface area contributed by atoms with E-state index in [-0.39, 0.29) is 23.1 Å². The van der Waals surface area contributed by atoms with Crippen LogP contribution in [0.3, 0.4) is 0 Å². The van der Waals surface area contributed by atoms with Gasteiger partial charge in [-0.3, -0.25) is 4.79 Å². The monoisotopic (exact) mass is 358 g/mol. The molecule has 2 unspecified atom stereocenters. The second-order valence-electron chi connectivity index (χ2n) is 5.55. The molecule has 1 spiro atoms. The van der Waals surface area contributed by atoms with Crippen molar-refractivity contribution in [3.05, 3.63) is 34.1 Å². The number of thioether (sulfide) groups is 1. The van der Waals surface area contributed by atoms with E-state index in [9.17, 15) is 9.18 Å². The smallest absolute Gasteiger partial charge is 0.166 e. The predicted molar refractivity (Wildman–Crippen MR) is 81.8 cm³/mol. The first-order valence-corrected chi connectivity index (χ1v) is 8.75. The molecule has 20 heavy (non-hydrogen) atoms. The molecule has 2 saturated heterocycles. The van der Waals surface area contributed by atoms with Crippen LogP contribution in [0.4, 0.5) is 4.39 Å². The molecule has 0 amide bonds. The molecule has 0 N–H and O–H groups in total. The number of benzene rings is 1. The van der Waals surface area contributed by atoms with Gasteiger partial charge in [0.1, 0.15) is 5.82 Å². The topological polar surface area (TPSA) is 26.3 Å². The van der Waals surface area contributed by atoms with Crippen LogP contribution in [-0.4, -0.2) is 29.5 Å². The Hall–Kier alpha value is -0.390. The van der Waals surface area contributed by atoms with Gasteiger partial charge in [-0.05, 0) is 43.2 Å². The molecule has 2 aliphatic rings. The Morgan fingerprint density at radius 2 is 2.30 bits per heavy atom. The lowest BCUT2D eigenvalue weighted by molar-refractivity contribution is -0.0734. The van der Waals surface area contributed by atoms with Crippen LogP contribution in [0.15, 0.2) is 22.7 Å². The standard InChI is InChI=1S/C15H16BrFO2S/c16-12-5-11(6-13(17)7-12)14(18)10-1-3-19-15(8-10)2-4-20-9-15/h5-7,10H,1-4,8-9H2. The summed E-state index contributed by atoms with van der Waals surface area (Å²) in [7, 11) is 0. The number of ether oxygens (including phenoxy) is 1. The van der Waals surface area contributed by atoms with Crippen molar-refractivity contribution < 1.29 is 13.9 Å². The zero-order chi connectivity index (χ0) is 14.2. The van der Waals surface area contributed by atoms with Crippen molar-refractivity contribution in [3.8, 4) is 0 Å². The minimum absolute atomic E-state index is 0.0452. The highest BCUT2D eigenvalue weighted by atomic mass is 79.9. The first kappa shape index (κ1) is 14.5. The Morgan fingerprint density at radius 3 is 3.00 bits per heavy atom. The van der Waals surface area contributed by atoms with Crippen LogP contribution in [0, 0.1) is 11.7 Å². The Balaban J connectivity index is 1.79. The van der Waals surface area contributed by atoms with Gasteiger partial charge in [-0.15, -0.1) is 0 Å². The largest absolute Gasteiger partial charge is 0.374 e. The molecule has 1 aromatic rings. The molecule has 2 nitrogen and oxygen atoms in total. The quantitative estimate of drug-likeness (QED) is 0.745. The fourth-order valence-corrected chi connectivity index (χ4v) is 4.89. The third-order valence-corrected chi connectivity index (χ3v) is 5.76. The van der Waals surface area contributed by atoms with Gasteiger partial charge in [0.2, 0.25) is 0 Å². The molecule has 2 fully saturated rings. The number of rotatable bonds is 2. The van der Waals surface area contributed by atoms with Crippen LogP contribution in [0.5, 0.6) is 0 Å². The number of halogens is 2. The van der Waals surface area contributed by atoms with Gasteiger partial charge >= 0.3 is 0 Å². The zero-order valence-corrected chi connectivity index (χ0v) is 13.4. The molecule has 2 heterocycles. The highest BCUT2D eigenvalue weighted by Gasteiger charge is 2.42. The van der Waals surface area contributed by atoms with Crippen LogP contribution >= 0.6 is 27.7 Å². The summed E-state index contributed by atoms with van der Waals surface area (Å²) in [6, 6.07) is 4.41. The Kier molecular flexibility index (Phi) is 4.20. The third-order valence-electron chi connectivity index (χ3n) is 4.08. The normalized spacial score (nSPS) is 29.8. The molecule has 0 bridgehead atoms. The minimum Gasteiger partial charge on any atom is -0.374 e. The number of carbonyl (C=O) groups excluding carboxylic acids is 1. The molecule has 0 saturated carbocycles. The van der Waals surface area contributed by atoms with Crippen molar-refractivity contribution in [3.63, 3.8) is 0 Å². The van der Waals surface area contributed by atoms with Gasteiger partial charge in [-0.1, -0.05) is 15.9 Å². The molecule has 2 atom stereocenters. The van der Waals surface area contributed by atoms with E-state index in [0.29, 0.717) is 16.6 Å². The van der Waals surface area contributed by atoms with Crippen LogP contribution in [0.2, 0.25) is 0 Å². The summed E-state index contributed by atoms with van der Waals surface area (Å²) in [5.74, 6) is 1.71. The Labute approximate surface area is 130 Å². The van der Waals surface area contributed by atoms with E-state index >= 15 is 0 Å². The molecular formula is C15H16BrFO2S. The van der Waals surface area contributed by atoms with E-state index in [1.165, 1.54) is 12.1 Å². The second-order valence-corrected chi connectivity index (χ2v) is 7.57. The van der Waals surface area contributed by atoms with Gasteiger partial charge in [0.15, 0.2) is 5.78 Å². The molecule has 0 aliphatic carbocycles. The van der Waals surface area contributed by atoms with E-state index in [0.717, 1.165) is 30.8 Å². The van der Waals surface area contributed by atoms with Crippen molar-refractivity contribution in [2.24, 2.45) is 5.92 Å². The number of Topliss-reactive ketones (excluding diaryl/α,β-unsaturated/α-hetero) is 1. The summed E-state index contributed by atoms with van der Waals surface area (Å²) in [6.07, 6.45) is 2.53. The van der Waals surface area contributed by atoms with E-state index < -0.39 is 0 Å². The lowest BCUT2D eigenvalue weighted by atomic mass is 9.81. The Morgan fingerprint density at radius 1 is 1.45 bits per heavy atom. The van der Waals surface area contributed by atoms with Gasteiger partial charge in [0.05, 0.1) is 5.60 Å².